The zero-order valence-electron chi connectivity index (χ0n) is 16.7. The number of ether oxygens (including phenoxy) is 1. The summed E-state index contributed by atoms with van der Waals surface area (Å²) in [5.74, 6) is 2.58. The van der Waals surface area contributed by atoms with E-state index >= 15 is 0 Å². The highest BCUT2D eigenvalue weighted by Gasteiger charge is 2.32. The molecule has 1 aliphatic carbocycles. The van der Waals surface area contributed by atoms with Gasteiger partial charge in [0, 0.05) is 34.1 Å². The Morgan fingerprint density at radius 1 is 1.21 bits per heavy atom. The molecule has 2 aliphatic rings. The van der Waals surface area contributed by atoms with E-state index in [1.807, 2.05) is 17.5 Å². The van der Waals surface area contributed by atoms with Crippen LogP contribution < -0.4 is 4.90 Å². The Kier molecular flexibility index (Phi) is 3.93. The van der Waals surface area contributed by atoms with Crippen molar-refractivity contribution in [2.45, 2.75) is 38.6 Å². The Morgan fingerprint density at radius 2 is 2.10 bits per heavy atom. The van der Waals surface area contributed by atoms with Gasteiger partial charge in [-0.25, -0.2) is 9.97 Å². The fourth-order valence-corrected chi connectivity index (χ4v) is 5.77. The molecule has 6 rings (SSSR count). The second-order valence-electron chi connectivity index (χ2n) is 8.26. The van der Waals surface area contributed by atoms with Gasteiger partial charge in [0.2, 0.25) is 0 Å². The van der Waals surface area contributed by atoms with Crippen LogP contribution in [0.25, 0.3) is 32.5 Å². The minimum Gasteiger partial charge on any atom is -0.377 e. The number of hydrogen-bond acceptors (Lipinski definition) is 5. The standard InChI is InChI=1S/C23H24N4OS/c1-13-12-28-11-10-27(13)23-21-20(19(14(2)29-21)15-6-7-15)25-22(26-23)17-4-3-5-18-16(17)8-9-24-18/h3-5,8-9,13,15,24H,6-7,10-12H2,1-2H3/t13-/m1/s1. The number of benzene rings is 1. The van der Waals surface area contributed by atoms with Crippen molar-refractivity contribution in [2.24, 2.45) is 0 Å². The molecule has 1 aromatic carbocycles. The molecule has 5 nitrogen and oxygen atoms in total. The van der Waals surface area contributed by atoms with Crippen molar-refractivity contribution in [2.75, 3.05) is 24.7 Å². The van der Waals surface area contributed by atoms with Crippen LogP contribution in [0, 0.1) is 6.92 Å². The smallest absolute Gasteiger partial charge is 0.162 e. The molecular weight excluding hydrogens is 380 g/mol. The van der Waals surface area contributed by atoms with Crippen LogP contribution in [0.3, 0.4) is 0 Å². The molecule has 1 saturated carbocycles. The van der Waals surface area contributed by atoms with Crippen LogP contribution in [0.1, 0.15) is 36.1 Å². The van der Waals surface area contributed by atoms with E-state index in [2.05, 4.69) is 48.0 Å². The van der Waals surface area contributed by atoms with E-state index < -0.39 is 0 Å². The van der Waals surface area contributed by atoms with Gasteiger partial charge in [-0.1, -0.05) is 12.1 Å². The van der Waals surface area contributed by atoms with Gasteiger partial charge in [0.15, 0.2) is 11.6 Å². The first kappa shape index (κ1) is 17.4. The summed E-state index contributed by atoms with van der Waals surface area (Å²) in [5, 5.41) is 1.17. The zero-order chi connectivity index (χ0) is 19.5. The number of aryl methyl sites for hydroxylation is 1. The predicted molar refractivity (Wildman–Crippen MR) is 119 cm³/mol. The van der Waals surface area contributed by atoms with Gasteiger partial charge in [0.25, 0.3) is 0 Å². The molecule has 1 saturated heterocycles. The van der Waals surface area contributed by atoms with Gasteiger partial charge in [0.1, 0.15) is 0 Å². The maximum absolute atomic E-state index is 5.70. The Labute approximate surface area is 173 Å². The molecular formula is C23H24N4OS. The highest BCUT2D eigenvalue weighted by molar-refractivity contribution is 7.19. The fraction of sp³-hybridized carbons (Fsp3) is 0.391. The normalized spacial score (nSPS) is 20.1. The topological polar surface area (TPSA) is 54.0 Å². The van der Waals surface area contributed by atoms with Gasteiger partial charge in [-0.15, -0.1) is 11.3 Å². The fourth-order valence-electron chi connectivity index (χ4n) is 4.58. The number of rotatable bonds is 3. The number of nitrogens with one attached hydrogen (secondary N) is 1. The highest BCUT2D eigenvalue weighted by atomic mass is 32.1. The third-order valence-electron chi connectivity index (χ3n) is 6.20. The molecule has 0 unspecified atom stereocenters. The summed E-state index contributed by atoms with van der Waals surface area (Å²) in [7, 11) is 0. The van der Waals surface area contributed by atoms with Crippen molar-refractivity contribution in [3.05, 3.63) is 40.9 Å². The van der Waals surface area contributed by atoms with Crippen molar-refractivity contribution >= 4 is 38.3 Å². The summed E-state index contributed by atoms with van der Waals surface area (Å²) >= 11 is 1.86. The molecule has 0 amide bonds. The maximum atomic E-state index is 5.70. The Morgan fingerprint density at radius 3 is 2.93 bits per heavy atom. The van der Waals surface area contributed by atoms with Gasteiger partial charge < -0.3 is 14.6 Å². The number of nitrogens with zero attached hydrogens (tertiary/aromatic N) is 3. The third-order valence-corrected chi connectivity index (χ3v) is 7.30. The summed E-state index contributed by atoms with van der Waals surface area (Å²) < 4.78 is 6.94. The number of thiophene rings is 1. The van der Waals surface area contributed by atoms with Crippen molar-refractivity contribution in [1.82, 2.24) is 15.0 Å². The van der Waals surface area contributed by atoms with Gasteiger partial charge >= 0.3 is 0 Å². The number of fused-ring (bicyclic) bond motifs is 2. The first-order valence-electron chi connectivity index (χ1n) is 10.4. The van der Waals surface area contributed by atoms with E-state index in [0.29, 0.717) is 12.0 Å². The van der Waals surface area contributed by atoms with Gasteiger partial charge in [-0.05, 0) is 50.3 Å². The summed E-state index contributed by atoms with van der Waals surface area (Å²) in [6, 6.07) is 8.76. The number of anilines is 1. The number of hydrogen-bond donors (Lipinski definition) is 1. The van der Waals surface area contributed by atoms with Crippen molar-refractivity contribution in [3.63, 3.8) is 0 Å². The lowest BCUT2D eigenvalue weighted by Crippen LogP contribution is -2.44. The summed E-state index contributed by atoms with van der Waals surface area (Å²) in [4.78, 5) is 17.5. The first-order chi connectivity index (χ1) is 14.2. The molecule has 0 bridgehead atoms. The second kappa shape index (κ2) is 6.54. The molecule has 148 valence electrons. The lowest BCUT2D eigenvalue weighted by atomic mass is 10.1. The predicted octanol–water partition coefficient (Wildman–Crippen LogP) is 5.25. The van der Waals surface area contributed by atoms with Crippen LogP contribution in [0.15, 0.2) is 30.5 Å². The molecule has 2 fully saturated rings. The highest BCUT2D eigenvalue weighted by Crippen LogP contribution is 2.49. The van der Waals surface area contributed by atoms with Crippen LogP contribution in [0.2, 0.25) is 0 Å². The van der Waals surface area contributed by atoms with E-state index in [1.165, 1.54) is 38.9 Å². The Bertz CT molecular complexity index is 1220. The minimum absolute atomic E-state index is 0.310. The molecule has 29 heavy (non-hydrogen) atoms. The summed E-state index contributed by atoms with van der Waals surface area (Å²) in [6.45, 7) is 6.84. The van der Waals surface area contributed by atoms with E-state index in [-0.39, 0.29) is 0 Å². The number of aromatic amines is 1. The van der Waals surface area contributed by atoms with Crippen LogP contribution in [0.4, 0.5) is 5.82 Å². The SMILES string of the molecule is Cc1sc2c(N3CCOC[C@H]3C)nc(-c3cccc4[nH]ccc34)nc2c1C1CC1. The number of aromatic nitrogens is 3. The minimum atomic E-state index is 0.310. The van der Waals surface area contributed by atoms with E-state index in [1.54, 1.807) is 0 Å². The average molecular weight is 405 g/mol. The number of H-pyrrole nitrogens is 1. The number of morpholine rings is 1. The van der Waals surface area contributed by atoms with E-state index in [4.69, 9.17) is 14.7 Å². The summed E-state index contributed by atoms with van der Waals surface area (Å²) in [5.41, 5.74) is 4.84. The molecule has 4 heterocycles. The molecule has 6 heteroatoms. The van der Waals surface area contributed by atoms with E-state index in [0.717, 1.165) is 42.5 Å². The molecule has 1 aliphatic heterocycles. The van der Waals surface area contributed by atoms with Crippen LogP contribution in [0.5, 0.6) is 0 Å². The first-order valence-corrected chi connectivity index (χ1v) is 11.2. The van der Waals surface area contributed by atoms with E-state index in [9.17, 15) is 0 Å². The lowest BCUT2D eigenvalue weighted by Gasteiger charge is -2.34. The Hall–Kier alpha value is -2.44. The molecule has 1 atom stereocenters. The van der Waals surface area contributed by atoms with Crippen molar-refractivity contribution < 1.29 is 4.74 Å². The van der Waals surface area contributed by atoms with Gasteiger partial charge in [-0.3, -0.25) is 0 Å². The summed E-state index contributed by atoms with van der Waals surface area (Å²) in [6.07, 6.45) is 4.55. The van der Waals surface area contributed by atoms with Gasteiger partial charge in [-0.2, -0.15) is 0 Å². The molecule has 1 N–H and O–H groups in total. The Balaban J connectivity index is 1.63. The van der Waals surface area contributed by atoms with Crippen LogP contribution >= 0.6 is 11.3 Å². The van der Waals surface area contributed by atoms with Crippen molar-refractivity contribution in [1.29, 1.82) is 0 Å². The molecule has 0 radical (unpaired) electrons. The molecule has 4 aromatic rings. The van der Waals surface area contributed by atoms with Crippen LogP contribution in [-0.4, -0.2) is 40.8 Å². The molecule has 3 aromatic heterocycles. The lowest BCUT2D eigenvalue weighted by molar-refractivity contribution is 0.0987. The molecule has 0 spiro atoms. The monoisotopic (exact) mass is 404 g/mol. The average Bonchev–Trinajstić information content (AvgIpc) is 3.33. The third kappa shape index (κ3) is 2.77. The van der Waals surface area contributed by atoms with Gasteiger partial charge in [0.05, 0.1) is 29.5 Å². The largest absolute Gasteiger partial charge is 0.377 e. The second-order valence-corrected chi connectivity index (χ2v) is 9.48. The quantitative estimate of drug-likeness (QED) is 0.507. The zero-order valence-corrected chi connectivity index (χ0v) is 17.6. The maximum Gasteiger partial charge on any atom is 0.162 e. The van der Waals surface area contributed by atoms with Crippen LogP contribution in [-0.2, 0) is 4.74 Å². The van der Waals surface area contributed by atoms with Crippen molar-refractivity contribution in [3.8, 4) is 11.4 Å².